The van der Waals surface area contributed by atoms with E-state index in [-0.39, 0.29) is 5.41 Å². The van der Waals surface area contributed by atoms with Gasteiger partial charge in [-0.2, -0.15) is 0 Å². The Morgan fingerprint density at radius 1 is 1.15 bits per heavy atom. The lowest BCUT2D eigenvalue weighted by molar-refractivity contribution is 0.380. The Kier molecular flexibility index (Phi) is 3.34. The van der Waals surface area contributed by atoms with Crippen molar-refractivity contribution in [3.63, 3.8) is 0 Å². The molecule has 20 heavy (non-hydrogen) atoms. The lowest BCUT2D eigenvalue weighted by Gasteiger charge is -2.20. The monoisotopic (exact) mass is 309 g/mol. The summed E-state index contributed by atoms with van der Waals surface area (Å²) in [5, 5.41) is 5.51. The zero-order valence-corrected chi connectivity index (χ0v) is 13.3. The summed E-state index contributed by atoms with van der Waals surface area (Å²) < 4.78 is 5.64. The predicted molar refractivity (Wildman–Crippen MR) is 82.6 cm³/mol. The van der Waals surface area contributed by atoms with Crippen molar-refractivity contribution in [1.82, 2.24) is 5.16 Å². The van der Waals surface area contributed by atoms with Crippen molar-refractivity contribution in [3.8, 4) is 11.3 Å². The number of benzene rings is 1. The van der Waals surface area contributed by atoms with Gasteiger partial charge >= 0.3 is 0 Å². The summed E-state index contributed by atoms with van der Waals surface area (Å²) in [5.74, 6) is 1.51. The summed E-state index contributed by atoms with van der Waals surface area (Å²) >= 11 is 12.6. The molecule has 0 spiro atoms. The summed E-state index contributed by atoms with van der Waals surface area (Å²) in [5.41, 5.74) is 2.64. The molecule has 0 atom stereocenters. The lowest BCUT2D eigenvalue weighted by Crippen LogP contribution is -2.14. The van der Waals surface area contributed by atoms with Crippen LogP contribution in [0.4, 0.5) is 0 Å². The Morgan fingerprint density at radius 3 is 2.25 bits per heavy atom. The number of aromatic nitrogens is 1. The summed E-state index contributed by atoms with van der Waals surface area (Å²) in [6.45, 7) is 6.50. The molecular weight excluding hydrogens is 293 g/mol. The molecule has 0 radical (unpaired) electrons. The predicted octanol–water partition coefficient (Wildman–Crippen LogP) is 5.82. The molecule has 0 N–H and O–H groups in total. The smallest absolute Gasteiger partial charge is 0.144 e. The second-order valence-corrected chi connectivity index (χ2v) is 7.21. The SMILES string of the molecule is CC(C)(C)c1c(-c2c(Cl)cccc2Cl)noc1C1CC1. The zero-order valence-electron chi connectivity index (χ0n) is 11.8. The molecule has 1 aromatic carbocycles. The van der Waals surface area contributed by atoms with E-state index in [9.17, 15) is 0 Å². The van der Waals surface area contributed by atoms with Crippen LogP contribution in [-0.4, -0.2) is 5.16 Å². The molecule has 106 valence electrons. The molecule has 0 unspecified atom stereocenters. The van der Waals surface area contributed by atoms with Gasteiger partial charge in [-0.15, -0.1) is 0 Å². The first-order valence-corrected chi connectivity index (χ1v) is 7.59. The molecule has 0 aliphatic heterocycles. The van der Waals surface area contributed by atoms with Gasteiger partial charge < -0.3 is 4.52 Å². The highest BCUT2D eigenvalue weighted by molar-refractivity contribution is 6.39. The maximum atomic E-state index is 6.32. The van der Waals surface area contributed by atoms with E-state index in [1.54, 1.807) is 0 Å². The second-order valence-electron chi connectivity index (χ2n) is 6.39. The van der Waals surface area contributed by atoms with Crippen molar-refractivity contribution < 1.29 is 4.52 Å². The molecule has 1 aromatic heterocycles. The van der Waals surface area contributed by atoms with Crippen LogP contribution >= 0.6 is 23.2 Å². The molecular formula is C16H17Cl2NO. The highest BCUT2D eigenvalue weighted by Gasteiger charge is 2.37. The third-order valence-corrected chi connectivity index (χ3v) is 4.25. The summed E-state index contributed by atoms with van der Waals surface area (Å²) in [6, 6.07) is 5.51. The Labute approximate surface area is 129 Å². The van der Waals surface area contributed by atoms with E-state index >= 15 is 0 Å². The van der Waals surface area contributed by atoms with E-state index in [2.05, 4.69) is 25.9 Å². The van der Waals surface area contributed by atoms with E-state index in [4.69, 9.17) is 27.7 Å². The molecule has 0 bridgehead atoms. The first-order chi connectivity index (χ1) is 9.39. The molecule has 2 aromatic rings. The molecule has 0 amide bonds. The van der Waals surface area contributed by atoms with Crippen LogP contribution in [0.25, 0.3) is 11.3 Å². The van der Waals surface area contributed by atoms with E-state index in [1.165, 1.54) is 12.8 Å². The molecule has 1 saturated carbocycles. The van der Waals surface area contributed by atoms with Crippen LogP contribution in [0.1, 0.15) is 50.9 Å². The van der Waals surface area contributed by atoms with E-state index < -0.39 is 0 Å². The molecule has 1 fully saturated rings. The molecule has 3 rings (SSSR count). The van der Waals surface area contributed by atoms with Crippen LogP contribution in [0.3, 0.4) is 0 Å². The van der Waals surface area contributed by atoms with Gasteiger partial charge in [-0.25, -0.2) is 0 Å². The van der Waals surface area contributed by atoms with Crippen LogP contribution in [0, 0.1) is 0 Å². The fourth-order valence-corrected chi connectivity index (χ4v) is 3.12. The minimum absolute atomic E-state index is 0.0598. The normalized spacial score (nSPS) is 15.7. The number of nitrogens with zero attached hydrogens (tertiary/aromatic N) is 1. The third kappa shape index (κ3) is 2.36. The average Bonchev–Trinajstić information content (AvgIpc) is 3.08. The second kappa shape index (κ2) is 4.78. The highest BCUT2D eigenvalue weighted by Crippen LogP contribution is 2.49. The van der Waals surface area contributed by atoms with Crippen LogP contribution < -0.4 is 0 Å². The number of halogens is 2. The van der Waals surface area contributed by atoms with Gasteiger partial charge in [0, 0.05) is 17.0 Å². The molecule has 2 nitrogen and oxygen atoms in total. The maximum absolute atomic E-state index is 6.32. The van der Waals surface area contributed by atoms with Crippen molar-refractivity contribution >= 4 is 23.2 Å². The zero-order chi connectivity index (χ0) is 14.5. The van der Waals surface area contributed by atoms with Crippen LogP contribution in [0.15, 0.2) is 22.7 Å². The Hall–Kier alpha value is -0.990. The molecule has 1 aliphatic carbocycles. The van der Waals surface area contributed by atoms with Gasteiger partial charge in [0.1, 0.15) is 11.5 Å². The lowest BCUT2D eigenvalue weighted by atomic mass is 9.83. The summed E-state index contributed by atoms with van der Waals surface area (Å²) in [6.07, 6.45) is 2.35. The minimum atomic E-state index is -0.0598. The van der Waals surface area contributed by atoms with Crippen LogP contribution in [0.2, 0.25) is 10.0 Å². The fraction of sp³-hybridized carbons (Fsp3) is 0.438. The third-order valence-electron chi connectivity index (χ3n) is 3.62. The van der Waals surface area contributed by atoms with Gasteiger partial charge in [0.25, 0.3) is 0 Å². The Bertz CT molecular complexity index is 631. The van der Waals surface area contributed by atoms with Gasteiger partial charge in [-0.05, 0) is 30.4 Å². The van der Waals surface area contributed by atoms with Crippen molar-refractivity contribution in [2.45, 2.75) is 44.9 Å². The van der Waals surface area contributed by atoms with Crippen molar-refractivity contribution in [3.05, 3.63) is 39.6 Å². The number of rotatable bonds is 2. The number of hydrogen-bond donors (Lipinski definition) is 0. The Balaban J connectivity index is 2.24. The maximum Gasteiger partial charge on any atom is 0.144 e. The quantitative estimate of drug-likeness (QED) is 0.698. The van der Waals surface area contributed by atoms with Gasteiger partial charge in [0.2, 0.25) is 0 Å². The summed E-state index contributed by atoms with van der Waals surface area (Å²) in [7, 11) is 0. The molecule has 0 saturated heterocycles. The Morgan fingerprint density at radius 2 is 1.75 bits per heavy atom. The van der Waals surface area contributed by atoms with Crippen molar-refractivity contribution in [2.24, 2.45) is 0 Å². The van der Waals surface area contributed by atoms with E-state index in [1.807, 2.05) is 18.2 Å². The average molecular weight is 310 g/mol. The van der Waals surface area contributed by atoms with Crippen molar-refractivity contribution in [2.75, 3.05) is 0 Å². The fourth-order valence-electron chi connectivity index (χ4n) is 2.55. The van der Waals surface area contributed by atoms with Gasteiger partial charge in [-0.3, -0.25) is 0 Å². The topological polar surface area (TPSA) is 26.0 Å². The first-order valence-electron chi connectivity index (χ1n) is 6.84. The van der Waals surface area contributed by atoms with Crippen LogP contribution in [-0.2, 0) is 5.41 Å². The highest BCUT2D eigenvalue weighted by atomic mass is 35.5. The molecule has 1 aliphatic rings. The van der Waals surface area contributed by atoms with Gasteiger partial charge in [0.15, 0.2) is 0 Å². The number of hydrogen-bond acceptors (Lipinski definition) is 2. The van der Waals surface area contributed by atoms with Crippen molar-refractivity contribution in [1.29, 1.82) is 0 Å². The molecule has 4 heteroatoms. The molecule has 1 heterocycles. The minimum Gasteiger partial charge on any atom is -0.360 e. The van der Waals surface area contributed by atoms with Gasteiger partial charge in [0.05, 0.1) is 10.0 Å². The van der Waals surface area contributed by atoms with E-state index in [0.29, 0.717) is 16.0 Å². The van der Waals surface area contributed by atoms with Gasteiger partial charge in [-0.1, -0.05) is 55.2 Å². The summed E-state index contributed by atoms with van der Waals surface area (Å²) in [4.78, 5) is 0. The van der Waals surface area contributed by atoms with Crippen LogP contribution in [0.5, 0.6) is 0 Å². The standard InChI is InChI=1S/C16H17Cl2NO/c1-16(2,3)13-14(19-20-15(13)9-7-8-9)12-10(17)5-4-6-11(12)18/h4-6,9H,7-8H2,1-3H3. The largest absolute Gasteiger partial charge is 0.360 e. The van der Waals surface area contributed by atoms with E-state index in [0.717, 1.165) is 22.6 Å². The first kappa shape index (κ1) is 14.0.